The number of aromatic amines is 1. The molecule has 1 aliphatic rings. The third-order valence-electron chi connectivity index (χ3n) is 4.23. The van der Waals surface area contributed by atoms with Gasteiger partial charge in [-0.3, -0.25) is 14.4 Å². The Balaban J connectivity index is 1.76. The van der Waals surface area contributed by atoms with E-state index in [9.17, 15) is 14.4 Å². The van der Waals surface area contributed by atoms with Crippen LogP contribution in [-0.4, -0.2) is 51.2 Å². The molecule has 2 amide bonds. The van der Waals surface area contributed by atoms with Crippen LogP contribution in [0.25, 0.3) is 10.9 Å². The van der Waals surface area contributed by atoms with E-state index in [1.807, 2.05) is 13.0 Å². The third kappa shape index (κ3) is 3.29. The second-order valence-corrected chi connectivity index (χ2v) is 5.86. The number of rotatable bonds is 5. The Hall–Kier alpha value is -2.70. The summed E-state index contributed by atoms with van der Waals surface area (Å²) >= 11 is 0. The average Bonchev–Trinajstić information content (AvgIpc) is 2.97. The van der Waals surface area contributed by atoms with E-state index in [0.717, 1.165) is 6.42 Å². The predicted molar refractivity (Wildman–Crippen MR) is 89.3 cm³/mol. The van der Waals surface area contributed by atoms with Crippen LogP contribution in [0.15, 0.2) is 29.1 Å². The zero-order chi connectivity index (χ0) is 17.1. The highest BCUT2D eigenvalue weighted by Gasteiger charge is 2.24. The molecule has 24 heavy (non-hydrogen) atoms. The monoisotopic (exact) mass is 328 g/mol. The molecule has 1 N–H and O–H groups in total. The number of para-hydroxylation sites is 1. The summed E-state index contributed by atoms with van der Waals surface area (Å²) in [6, 6.07) is 7.09. The zero-order valence-electron chi connectivity index (χ0n) is 13.6. The number of hydrogen-bond acceptors (Lipinski definition) is 4. The molecule has 7 nitrogen and oxygen atoms in total. The van der Waals surface area contributed by atoms with Crippen LogP contribution >= 0.6 is 0 Å². The Kier molecular flexibility index (Phi) is 4.59. The van der Waals surface area contributed by atoms with Crippen molar-refractivity contribution in [2.24, 2.45) is 0 Å². The lowest BCUT2D eigenvalue weighted by Gasteiger charge is -2.23. The summed E-state index contributed by atoms with van der Waals surface area (Å²) < 4.78 is 0. The van der Waals surface area contributed by atoms with Crippen LogP contribution in [0.1, 0.15) is 25.6 Å². The molecule has 0 radical (unpaired) electrons. The van der Waals surface area contributed by atoms with E-state index in [4.69, 9.17) is 0 Å². The molecule has 0 atom stereocenters. The van der Waals surface area contributed by atoms with Gasteiger partial charge in [-0.15, -0.1) is 0 Å². The van der Waals surface area contributed by atoms with Gasteiger partial charge in [0.15, 0.2) is 0 Å². The molecule has 7 heteroatoms. The number of H-pyrrole nitrogens is 1. The molecule has 2 aromatic rings. The van der Waals surface area contributed by atoms with Gasteiger partial charge in [0.25, 0.3) is 5.56 Å². The lowest BCUT2D eigenvalue weighted by atomic mass is 10.2. The fraction of sp³-hybridized carbons (Fsp3) is 0.412. The molecular weight excluding hydrogens is 308 g/mol. The molecule has 0 unspecified atom stereocenters. The number of carbonyl (C=O) groups is 2. The minimum atomic E-state index is -0.214. The van der Waals surface area contributed by atoms with E-state index in [2.05, 4.69) is 9.97 Å². The van der Waals surface area contributed by atoms with Gasteiger partial charge in [0.05, 0.1) is 24.0 Å². The van der Waals surface area contributed by atoms with Crippen LogP contribution in [0.5, 0.6) is 0 Å². The van der Waals surface area contributed by atoms with E-state index in [1.165, 1.54) is 0 Å². The first-order valence-electron chi connectivity index (χ1n) is 8.12. The van der Waals surface area contributed by atoms with Gasteiger partial charge >= 0.3 is 0 Å². The fourth-order valence-corrected chi connectivity index (χ4v) is 2.90. The van der Waals surface area contributed by atoms with Crippen LogP contribution in [0, 0.1) is 0 Å². The number of nitrogens with zero attached hydrogens (tertiary/aromatic N) is 3. The van der Waals surface area contributed by atoms with Crippen molar-refractivity contribution in [2.45, 2.75) is 26.3 Å². The number of hydrogen-bond donors (Lipinski definition) is 1. The fourth-order valence-electron chi connectivity index (χ4n) is 2.90. The first-order valence-corrected chi connectivity index (χ1v) is 8.12. The van der Waals surface area contributed by atoms with Crippen molar-refractivity contribution in [1.29, 1.82) is 0 Å². The zero-order valence-corrected chi connectivity index (χ0v) is 13.6. The van der Waals surface area contributed by atoms with Crippen molar-refractivity contribution in [2.75, 3.05) is 19.6 Å². The Morgan fingerprint density at radius 1 is 1.33 bits per heavy atom. The Morgan fingerprint density at radius 3 is 2.83 bits per heavy atom. The maximum atomic E-state index is 12.4. The van der Waals surface area contributed by atoms with Gasteiger partial charge in [-0.2, -0.15) is 0 Å². The van der Waals surface area contributed by atoms with Crippen molar-refractivity contribution in [3.05, 3.63) is 40.4 Å². The Bertz CT molecular complexity index is 830. The van der Waals surface area contributed by atoms with E-state index in [-0.39, 0.29) is 30.5 Å². The highest BCUT2D eigenvalue weighted by Crippen LogP contribution is 2.11. The van der Waals surface area contributed by atoms with Gasteiger partial charge in [-0.25, -0.2) is 4.98 Å². The van der Waals surface area contributed by atoms with Gasteiger partial charge < -0.3 is 14.8 Å². The van der Waals surface area contributed by atoms with Crippen LogP contribution < -0.4 is 5.56 Å². The number of fused-ring (bicyclic) bond motifs is 1. The highest BCUT2D eigenvalue weighted by molar-refractivity contribution is 5.86. The number of amides is 2. The molecule has 0 aliphatic carbocycles. The lowest BCUT2D eigenvalue weighted by molar-refractivity contribution is -0.138. The number of likely N-dealkylation sites (tertiary alicyclic amines) is 1. The topological polar surface area (TPSA) is 86.4 Å². The smallest absolute Gasteiger partial charge is 0.258 e. The minimum absolute atomic E-state index is 0.0247. The number of benzene rings is 1. The Morgan fingerprint density at radius 2 is 2.12 bits per heavy atom. The Labute approximate surface area is 139 Å². The molecule has 1 fully saturated rings. The van der Waals surface area contributed by atoms with E-state index in [0.29, 0.717) is 36.2 Å². The summed E-state index contributed by atoms with van der Waals surface area (Å²) in [5.74, 6) is 0.335. The summed E-state index contributed by atoms with van der Waals surface area (Å²) in [5, 5.41) is 0.526. The van der Waals surface area contributed by atoms with E-state index < -0.39 is 0 Å². The van der Waals surface area contributed by atoms with Crippen molar-refractivity contribution >= 4 is 22.7 Å². The predicted octanol–water partition coefficient (Wildman–Crippen LogP) is 0.894. The standard InChI is InChI=1S/C17H20N4O3/c1-2-20(16(23)11-21-9-5-8-15(21)22)10-14-18-13-7-4-3-6-12(13)17(24)19-14/h3-4,6-7H,2,5,8-11H2,1H3,(H,18,19,24). The van der Waals surface area contributed by atoms with E-state index >= 15 is 0 Å². The summed E-state index contributed by atoms with van der Waals surface area (Å²) in [7, 11) is 0. The molecule has 0 spiro atoms. The van der Waals surface area contributed by atoms with Crippen molar-refractivity contribution in [3.63, 3.8) is 0 Å². The molecule has 3 rings (SSSR count). The van der Waals surface area contributed by atoms with Gasteiger partial charge in [0.2, 0.25) is 11.8 Å². The molecular formula is C17H20N4O3. The van der Waals surface area contributed by atoms with Crippen molar-refractivity contribution in [1.82, 2.24) is 19.8 Å². The molecule has 1 aromatic carbocycles. The maximum absolute atomic E-state index is 12.4. The SMILES string of the molecule is CCN(Cc1nc2ccccc2c(=O)[nH]1)C(=O)CN1CCCC1=O. The molecule has 0 saturated carbocycles. The largest absolute Gasteiger partial charge is 0.334 e. The van der Waals surface area contributed by atoms with Crippen LogP contribution in [0.3, 0.4) is 0 Å². The molecule has 2 heterocycles. The second-order valence-electron chi connectivity index (χ2n) is 5.86. The van der Waals surface area contributed by atoms with Crippen LogP contribution in [0.4, 0.5) is 0 Å². The third-order valence-corrected chi connectivity index (χ3v) is 4.23. The maximum Gasteiger partial charge on any atom is 0.258 e. The summed E-state index contributed by atoms with van der Waals surface area (Å²) in [4.78, 5) is 46.6. The van der Waals surface area contributed by atoms with Crippen molar-refractivity contribution < 1.29 is 9.59 Å². The van der Waals surface area contributed by atoms with E-state index in [1.54, 1.807) is 28.0 Å². The average molecular weight is 328 g/mol. The molecule has 1 aromatic heterocycles. The van der Waals surface area contributed by atoms with Gasteiger partial charge in [-0.1, -0.05) is 12.1 Å². The molecule has 1 aliphatic heterocycles. The number of carbonyl (C=O) groups excluding carboxylic acids is 2. The minimum Gasteiger partial charge on any atom is -0.334 e. The van der Waals surface area contributed by atoms with Crippen LogP contribution in [0.2, 0.25) is 0 Å². The normalized spacial score (nSPS) is 14.4. The van der Waals surface area contributed by atoms with Gasteiger partial charge in [0, 0.05) is 19.5 Å². The molecule has 1 saturated heterocycles. The number of nitrogens with one attached hydrogen (secondary N) is 1. The summed E-state index contributed by atoms with van der Waals surface area (Å²) in [6.07, 6.45) is 1.32. The molecule has 126 valence electrons. The highest BCUT2D eigenvalue weighted by atomic mass is 16.2. The first kappa shape index (κ1) is 16.2. The summed E-state index contributed by atoms with van der Waals surface area (Å²) in [6.45, 7) is 3.29. The van der Waals surface area contributed by atoms with Crippen LogP contribution in [-0.2, 0) is 16.1 Å². The summed E-state index contributed by atoms with van der Waals surface area (Å²) in [5.41, 5.74) is 0.392. The first-order chi connectivity index (χ1) is 11.6. The number of aromatic nitrogens is 2. The van der Waals surface area contributed by atoms with Gasteiger partial charge in [-0.05, 0) is 25.5 Å². The lowest BCUT2D eigenvalue weighted by Crippen LogP contribution is -2.41. The number of likely N-dealkylation sites (N-methyl/N-ethyl adjacent to an activating group) is 1. The molecule has 0 bridgehead atoms. The van der Waals surface area contributed by atoms with Crippen molar-refractivity contribution in [3.8, 4) is 0 Å². The second kappa shape index (κ2) is 6.82. The quantitative estimate of drug-likeness (QED) is 0.883. The van der Waals surface area contributed by atoms with Gasteiger partial charge in [0.1, 0.15) is 5.82 Å².